The van der Waals surface area contributed by atoms with Crippen LogP contribution in [0.15, 0.2) is 0 Å². The van der Waals surface area contributed by atoms with Crippen LogP contribution in [0.1, 0.15) is 44.9 Å². The van der Waals surface area contributed by atoms with Gasteiger partial charge in [-0.05, 0) is 38.6 Å². The smallest absolute Gasteiger partial charge is 0.133 e. The number of aliphatic hydroxyl groups excluding tert-OH is 1. The third-order valence-corrected chi connectivity index (χ3v) is 3.87. The van der Waals surface area contributed by atoms with E-state index in [1.807, 2.05) is 0 Å². The summed E-state index contributed by atoms with van der Waals surface area (Å²) in [5.41, 5.74) is 0. The number of nitrogens with zero attached hydrogens (tertiary/aromatic N) is 1. The molecule has 1 heterocycles. The Morgan fingerprint density at radius 1 is 1.27 bits per heavy atom. The quantitative estimate of drug-likeness (QED) is 0.766. The number of rotatable bonds is 3. The Balaban J connectivity index is 1.88. The summed E-state index contributed by atoms with van der Waals surface area (Å²) in [5.74, 6) is 0.434. The first-order valence-electron chi connectivity index (χ1n) is 6.19. The van der Waals surface area contributed by atoms with E-state index in [0.717, 1.165) is 32.1 Å². The fourth-order valence-corrected chi connectivity index (χ4v) is 3.05. The summed E-state index contributed by atoms with van der Waals surface area (Å²) in [6, 6.07) is 1.19. The second kappa shape index (κ2) is 5.08. The van der Waals surface area contributed by atoms with Crippen molar-refractivity contribution in [3.05, 3.63) is 0 Å². The van der Waals surface area contributed by atoms with Gasteiger partial charge in [-0.1, -0.05) is 0 Å². The normalized spacial score (nSPS) is 29.9. The van der Waals surface area contributed by atoms with Crippen LogP contribution < -0.4 is 0 Å². The molecule has 3 nitrogen and oxygen atoms in total. The molecule has 0 radical (unpaired) electrons. The zero-order valence-electron chi connectivity index (χ0n) is 9.32. The van der Waals surface area contributed by atoms with Gasteiger partial charge in [0, 0.05) is 31.5 Å². The van der Waals surface area contributed by atoms with Gasteiger partial charge in [-0.2, -0.15) is 0 Å². The van der Waals surface area contributed by atoms with Crippen molar-refractivity contribution in [1.29, 1.82) is 0 Å². The molecular formula is C12H21NO2. The Bertz CT molecular complexity index is 220. The average molecular weight is 211 g/mol. The molecule has 1 saturated heterocycles. The van der Waals surface area contributed by atoms with Crippen molar-refractivity contribution in [2.75, 3.05) is 13.2 Å². The van der Waals surface area contributed by atoms with E-state index < -0.39 is 0 Å². The third kappa shape index (κ3) is 2.58. The predicted molar refractivity (Wildman–Crippen MR) is 58.7 cm³/mol. The zero-order valence-corrected chi connectivity index (χ0v) is 9.32. The fourth-order valence-electron chi connectivity index (χ4n) is 3.05. The van der Waals surface area contributed by atoms with Gasteiger partial charge >= 0.3 is 0 Å². The van der Waals surface area contributed by atoms with Crippen molar-refractivity contribution in [3.63, 3.8) is 0 Å². The van der Waals surface area contributed by atoms with Gasteiger partial charge in [-0.25, -0.2) is 0 Å². The molecule has 1 saturated carbocycles. The Morgan fingerprint density at radius 3 is 2.67 bits per heavy atom. The number of carbonyl (C=O) groups excluding carboxylic acids is 1. The number of hydrogen-bond donors (Lipinski definition) is 1. The second-order valence-electron chi connectivity index (χ2n) is 4.82. The maximum atomic E-state index is 11.2. The second-order valence-corrected chi connectivity index (χ2v) is 4.82. The zero-order chi connectivity index (χ0) is 10.7. The highest BCUT2D eigenvalue weighted by Gasteiger charge is 2.32. The fraction of sp³-hybridized carbons (Fsp3) is 0.917. The number of aliphatic hydroxyl groups is 1. The predicted octanol–water partition coefficient (Wildman–Crippen LogP) is 1.34. The Labute approximate surface area is 91.5 Å². The van der Waals surface area contributed by atoms with Gasteiger partial charge in [-0.3, -0.25) is 9.69 Å². The first kappa shape index (κ1) is 11.1. The van der Waals surface area contributed by atoms with Gasteiger partial charge in [0.2, 0.25) is 0 Å². The van der Waals surface area contributed by atoms with Gasteiger partial charge in [-0.15, -0.1) is 0 Å². The Hall–Kier alpha value is -0.410. The molecule has 0 spiro atoms. The summed E-state index contributed by atoms with van der Waals surface area (Å²) in [6.07, 6.45) is 7.02. The van der Waals surface area contributed by atoms with Crippen LogP contribution in [0.4, 0.5) is 0 Å². The lowest BCUT2D eigenvalue weighted by Crippen LogP contribution is -2.41. The van der Waals surface area contributed by atoms with Gasteiger partial charge < -0.3 is 5.11 Å². The van der Waals surface area contributed by atoms with E-state index >= 15 is 0 Å². The molecule has 1 aliphatic carbocycles. The van der Waals surface area contributed by atoms with Crippen LogP contribution in [-0.4, -0.2) is 41.0 Å². The lowest BCUT2D eigenvalue weighted by atomic mass is 9.92. The van der Waals surface area contributed by atoms with Gasteiger partial charge in [0.05, 0.1) is 0 Å². The lowest BCUT2D eigenvalue weighted by molar-refractivity contribution is -0.121. The molecule has 2 aliphatic rings. The number of hydrogen-bond acceptors (Lipinski definition) is 3. The van der Waals surface area contributed by atoms with Crippen molar-refractivity contribution < 1.29 is 9.90 Å². The molecule has 2 fully saturated rings. The average Bonchev–Trinajstić information content (AvgIpc) is 2.68. The molecular weight excluding hydrogens is 190 g/mol. The molecule has 0 aromatic heterocycles. The van der Waals surface area contributed by atoms with Crippen LogP contribution in [0.2, 0.25) is 0 Å². The van der Waals surface area contributed by atoms with E-state index in [1.165, 1.54) is 19.4 Å². The summed E-state index contributed by atoms with van der Waals surface area (Å²) >= 11 is 0. The topological polar surface area (TPSA) is 40.5 Å². The van der Waals surface area contributed by atoms with Crippen LogP contribution in [0.25, 0.3) is 0 Å². The van der Waals surface area contributed by atoms with Crippen LogP contribution in [-0.2, 0) is 4.79 Å². The van der Waals surface area contributed by atoms with Gasteiger partial charge in [0.25, 0.3) is 0 Å². The highest BCUT2D eigenvalue weighted by Crippen LogP contribution is 2.29. The van der Waals surface area contributed by atoms with E-state index in [1.54, 1.807) is 0 Å². The van der Waals surface area contributed by atoms with Crippen molar-refractivity contribution in [2.24, 2.45) is 0 Å². The molecule has 86 valence electrons. The Morgan fingerprint density at radius 2 is 2.00 bits per heavy atom. The largest absolute Gasteiger partial charge is 0.396 e. The van der Waals surface area contributed by atoms with E-state index in [-0.39, 0.29) is 0 Å². The first-order chi connectivity index (χ1) is 7.31. The molecule has 1 N–H and O–H groups in total. The SMILES string of the molecule is O=C1CCC(N2CCCC2CCO)CC1. The maximum absolute atomic E-state index is 11.2. The van der Waals surface area contributed by atoms with Crippen molar-refractivity contribution in [1.82, 2.24) is 4.90 Å². The van der Waals surface area contributed by atoms with E-state index in [9.17, 15) is 4.79 Å². The molecule has 0 aromatic rings. The molecule has 1 atom stereocenters. The highest BCUT2D eigenvalue weighted by molar-refractivity contribution is 5.79. The molecule has 0 bridgehead atoms. The molecule has 1 unspecified atom stereocenters. The highest BCUT2D eigenvalue weighted by atomic mass is 16.3. The lowest BCUT2D eigenvalue weighted by Gasteiger charge is -2.35. The van der Waals surface area contributed by atoms with Crippen LogP contribution >= 0.6 is 0 Å². The van der Waals surface area contributed by atoms with Crippen LogP contribution in [0.3, 0.4) is 0 Å². The molecule has 0 amide bonds. The van der Waals surface area contributed by atoms with E-state index in [2.05, 4.69) is 4.90 Å². The summed E-state index contributed by atoms with van der Waals surface area (Å²) in [4.78, 5) is 13.7. The molecule has 0 aromatic carbocycles. The summed E-state index contributed by atoms with van der Waals surface area (Å²) in [6.45, 7) is 1.47. The maximum Gasteiger partial charge on any atom is 0.133 e. The van der Waals surface area contributed by atoms with E-state index in [4.69, 9.17) is 5.11 Å². The molecule has 15 heavy (non-hydrogen) atoms. The number of carbonyl (C=O) groups is 1. The Kier molecular flexibility index (Phi) is 3.76. The first-order valence-corrected chi connectivity index (χ1v) is 6.19. The summed E-state index contributed by atoms with van der Waals surface area (Å²) in [7, 11) is 0. The summed E-state index contributed by atoms with van der Waals surface area (Å²) < 4.78 is 0. The minimum atomic E-state index is 0.298. The molecule has 2 rings (SSSR count). The van der Waals surface area contributed by atoms with Crippen LogP contribution in [0.5, 0.6) is 0 Å². The van der Waals surface area contributed by atoms with Crippen molar-refractivity contribution >= 4 is 5.78 Å². The molecule has 1 aliphatic heterocycles. The van der Waals surface area contributed by atoms with Crippen LogP contribution in [0, 0.1) is 0 Å². The monoisotopic (exact) mass is 211 g/mol. The standard InChI is InChI=1S/C12H21NO2/c14-9-7-10-2-1-8-13(10)11-3-5-12(15)6-4-11/h10-11,14H,1-9H2. The van der Waals surface area contributed by atoms with Gasteiger partial charge in [0.15, 0.2) is 0 Å². The summed E-state index contributed by atoms with van der Waals surface area (Å²) in [5, 5.41) is 9.00. The number of Topliss-reactive ketones (excluding diaryl/α,β-unsaturated/α-hetero) is 1. The van der Waals surface area contributed by atoms with Crippen molar-refractivity contribution in [2.45, 2.75) is 57.0 Å². The number of likely N-dealkylation sites (tertiary alicyclic amines) is 1. The minimum Gasteiger partial charge on any atom is -0.396 e. The minimum absolute atomic E-state index is 0.298. The molecule has 3 heteroatoms. The van der Waals surface area contributed by atoms with E-state index in [0.29, 0.717) is 24.5 Å². The number of ketones is 1. The third-order valence-electron chi connectivity index (χ3n) is 3.87. The van der Waals surface area contributed by atoms with Crippen molar-refractivity contribution in [3.8, 4) is 0 Å². The van der Waals surface area contributed by atoms with Gasteiger partial charge in [0.1, 0.15) is 5.78 Å².